The molecule has 0 fully saturated rings. The summed E-state index contributed by atoms with van der Waals surface area (Å²) in [5, 5.41) is -0.00120. The fourth-order valence-corrected chi connectivity index (χ4v) is 1.62. The molecule has 0 spiro atoms. The Bertz CT molecular complexity index is 600. The molecule has 0 saturated heterocycles. The van der Waals surface area contributed by atoms with Gasteiger partial charge in [0.1, 0.15) is 11.6 Å². The highest BCUT2D eigenvalue weighted by atomic mass is 127. The lowest BCUT2D eigenvalue weighted by atomic mass is 10.2. The first-order valence-electron chi connectivity index (χ1n) is 4.28. The summed E-state index contributed by atoms with van der Waals surface area (Å²) in [6.45, 7) is 0. The maximum Gasteiger partial charge on any atom is 0.264 e. The minimum atomic E-state index is -0.502. The second-order valence-corrected chi connectivity index (χ2v) is 4.61. The Kier molecular flexibility index (Phi) is 3.25. The predicted octanol–water partition coefficient (Wildman–Crippen LogP) is 2.83. The van der Waals surface area contributed by atoms with E-state index in [0.29, 0.717) is 15.0 Å². The zero-order valence-electron chi connectivity index (χ0n) is 7.80. The SMILES string of the molecule is O=c1[nH]c(-c2ccc(F)c(Cl)c2)ncc1I. The molecule has 0 amide bonds. The molecule has 0 saturated carbocycles. The number of nitrogens with zero attached hydrogens (tertiary/aromatic N) is 1. The van der Waals surface area contributed by atoms with Crippen molar-refractivity contribution in [3.8, 4) is 11.4 Å². The summed E-state index contributed by atoms with van der Waals surface area (Å²) in [5.74, 6) is -0.134. The van der Waals surface area contributed by atoms with Crippen LogP contribution in [0.1, 0.15) is 0 Å². The number of halogens is 3. The van der Waals surface area contributed by atoms with Crippen LogP contribution in [0.5, 0.6) is 0 Å². The van der Waals surface area contributed by atoms with Gasteiger partial charge in [-0.05, 0) is 40.8 Å². The molecule has 0 unspecified atom stereocenters. The van der Waals surface area contributed by atoms with Crippen molar-refractivity contribution in [3.63, 3.8) is 0 Å². The van der Waals surface area contributed by atoms with E-state index in [9.17, 15) is 9.18 Å². The first-order chi connectivity index (χ1) is 7.58. The van der Waals surface area contributed by atoms with Gasteiger partial charge in [0.25, 0.3) is 5.56 Å². The predicted molar refractivity (Wildman–Crippen MR) is 68.0 cm³/mol. The number of nitrogens with one attached hydrogen (secondary N) is 1. The Balaban J connectivity index is 2.55. The molecular formula is C10H5ClFIN2O. The average molecular weight is 351 g/mol. The highest BCUT2D eigenvalue weighted by Gasteiger charge is 2.06. The highest BCUT2D eigenvalue weighted by molar-refractivity contribution is 14.1. The Morgan fingerprint density at radius 2 is 2.19 bits per heavy atom. The standard InChI is InChI=1S/C10H5ClFIN2O/c11-6-3-5(1-2-7(6)12)9-14-4-8(13)10(16)15-9/h1-4H,(H,14,15,16). The zero-order chi connectivity index (χ0) is 11.7. The lowest BCUT2D eigenvalue weighted by molar-refractivity contribution is 0.628. The number of aromatic amines is 1. The van der Waals surface area contributed by atoms with Gasteiger partial charge in [-0.15, -0.1) is 0 Å². The van der Waals surface area contributed by atoms with E-state index in [1.54, 1.807) is 0 Å². The Hall–Kier alpha value is -0.950. The van der Waals surface area contributed by atoms with E-state index < -0.39 is 5.82 Å². The fraction of sp³-hybridized carbons (Fsp3) is 0. The molecule has 0 aliphatic rings. The largest absolute Gasteiger partial charge is 0.306 e. The van der Waals surface area contributed by atoms with E-state index in [2.05, 4.69) is 9.97 Å². The molecule has 16 heavy (non-hydrogen) atoms. The maximum absolute atomic E-state index is 12.9. The Morgan fingerprint density at radius 3 is 2.81 bits per heavy atom. The summed E-state index contributed by atoms with van der Waals surface area (Å²) in [6.07, 6.45) is 1.45. The van der Waals surface area contributed by atoms with Crippen LogP contribution in [0.15, 0.2) is 29.2 Å². The number of benzene rings is 1. The van der Waals surface area contributed by atoms with Crippen LogP contribution in [0, 0.1) is 9.39 Å². The number of rotatable bonds is 1. The van der Waals surface area contributed by atoms with Crippen molar-refractivity contribution < 1.29 is 4.39 Å². The van der Waals surface area contributed by atoms with E-state index >= 15 is 0 Å². The van der Waals surface area contributed by atoms with E-state index in [1.165, 1.54) is 24.4 Å². The van der Waals surface area contributed by atoms with Crippen molar-refractivity contribution in [1.29, 1.82) is 0 Å². The van der Waals surface area contributed by atoms with Crippen LogP contribution in [-0.4, -0.2) is 9.97 Å². The van der Waals surface area contributed by atoms with E-state index in [0.717, 1.165) is 0 Å². The monoisotopic (exact) mass is 350 g/mol. The minimum absolute atomic E-state index is 0.00120. The first kappa shape index (κ1) is 11.5. The summed E-state index contributed by atoms with van der Waals surface area (Å²) in [5.41, 5.74) is 0.339. The molecule has 82 valence electrons. The molecule has 3 nitrogen and oxygen atoms in total. The van der Waals surface area contributed by atoms with E-state index in [4.69, 9.17) is 11.6 Å². The molecule has 0 radical (unpaired) electrons. The number of H-pyrrole nitrogens is 1. The van der Waals surface area contributed by atoms with E-state index in [1.807, 2.05) is 22.6 Å². The lowest BCUT2D eigenvalue weighted by Gasteiger charge is -2.01. The van der Waals surface area contributed by atoms with Crippen LogP contribution in [0.4, 0.5) is 4.39 Å². The van der Waals surface area contributed by atoms with Gasteiger partial charge in [0, 0.05) is 11.8 Å². The molecule has 1 aromatic carbocycles. The second-order valence-electron chi connectivity index (χ2n) is 3.04. The fourth-order valence-electron chi connectivity index (χ4n) is 1.17. The molecule has 0 atom stereocenters. The molecule has 1 heterocycles. The van der Waals surface area contributed by atoms with Crippen molar-refractivity contribution in [2.75, 3.05) is 0 Å². The van der Waals surface area contributed by atoms with Crippen molar-refractivity contribution in [2.45, 2.75) is 0 Å². The van der Waals surface area contributed by atoms with Crippen LogP contribution >= 0.6 is 34.2 Å². The summed E-state index contributed by atoms with van der Waals surface area (Å²) < 4.78 is 13.4. The van der Waals surface area contributed by atoms with Crippen LogP contribution in [0.25, 0.3) is 11.4 Å². The molecule has 2 rings (SSSR count). The van der Waals surface area contributed by atoms with Gasteiger partial charge in [-0.25, -0.2) is 9.37 Å². The quantitative estimate of drug-likeness (QED) is 0.804. The molecular weight excluding hydrogens is 345 g/mol. The van der Waals surface area contributed by atoms with Crippen LogP contribution in [0.2, 0.25) is 5.02 Å². The number of aromatic nitrogens is 2. The summed E-state index contributed by atoms with van der Waals surface area (Å²) in [4.78, 5) is 18.0. The van der Waals surface area contributed by atoms with E-state index in [-0.39, 0.29) is 10.6 Å². The van der Waals surface area contributed by atoms with Crippen molar-refractivity contribution in [2.24, 2.45) is 0 Å². The topological polar surface area (TPSA) is 45.8 Å². The molecule has 1 N–H and O–H groups in total. The Labute approximate surface area is 109 Å². The smallest absolute Gasteiger partial charge is 0.264 e. The van der Waals surface area contributed by atoms with Gasteiger partial charge in [0.15, 0.2) is 0 Å². The second kappa shape index (κ2) is 4.50. The number of hydrogen-bond donors (Lipinski definition) is 1. The summed E-state index contributed by atoms with van der Waals surface area (Å²) >= 11 is 7.52. The lowest BCUT2D eigenvalue weighted by Crippen LogP contribution is -2.11. The van der Waals surface area contributed by atoms with Crippen LogP contribution < -0.4 is 5.56 Å². The van der Waals surface area contributed by atoms with Crippen molar-refractivity contribution in [3.05, 3.63) is 49.2 Å². The third kappa shape index (κ3) is 2.25. The average Bonchev–Trinajstić information content (AvgIpc) is 2.26. The van der Waals surface area contributed by atoms with Gasteiger partial charge in [-0.1, -0.05) is 11.6 Å². The third-order valence-electron chi connectivity index (χ3n) is 1.95. The molecule has 1 aromatic heterocycles. The maximum atomic E-state index is 12.9. The molecule has 0 aliphatic heterocycles. The zero-order valence-corrected chi connectivity index (χ0v) is 10.7. The summed E-state index contributed by atoms with van der Waals surface area (Å²) in [7, 11) is 0. The Morgan fingerprint density at radius 1 is 1.44 bits per heavy atom. The van der Waals surface area contributed by atoms with Gasteiger partial charge in [0.05, 0.1) is 8.59 Å². The van der Waals surface area contributed by atoms with Gasteiger partial charge >= 0.3 is 0 Å². The summed E-state index contributed by atoms with van der Waals surface area (Å²) in [6, 6.07) is 4.16. The van der Waals surface area contributed by atoms with Crippen LogP contribution in [0.3, 0.4) is 0 Å². The highest BCUT2D eigenvalue weighted by Crippen LogP contribution is 2.21. The van der Waals surface area contributed by atoms with Gasteiger partial charge in [0.2, 0.25) is 0 Å². The van der Waals surface area contributed by atoms with Crippen LogP contribution in [-0.2, 0) is 0 Å². The first-order valence-corrected chi connectivity index (χ1v) is 5.74. The molecule has 0 bridgehead atoms. The number of hydrogen-bond acceptors (Lipinski definition) is 2. The van der Waals surface area contributed by atoms with Gasteiger partial charge in [-0.3, -0.25) is 4.79 Å². The minimum Gasteiger partial charge on any atom is -0.306 e. The molecule has 2 aromatic rings. The van der Waals surface area contributed by atoms with Gasteiger partial charge in [-0.2, -0.15) is 0 Å². The van der Waals surface area contributed by atoms with Gasteiger partial charge < -0.3 is 4.98 Å². The normalized spacial score (nSPS) is 10.4. The molecule has 6 heteroatoms. The molecule has 0 aliphatic carbocycles. The van der Waals surface area contributed by atoms with Crippen molar-refractivity contribution >= 4 is 34.2 Å². The van der Waals surface area contributed by atoms with Crippen molar-refractivity contribution in [1.82, 2.24) is 9.97 Å². The third-order valence-corrected chi connectivity index (χ3v) is 3.01.